The molecule has 1 saturated heterocycles. The molecule has 3 unspecified atom stereocenters. The fourth-order valence-electron chi connectivity index (χ4n) is 3.30. The first-order chi connectivity index (χ1) is 12.5. The van der Waals surface area contributed by atoms with Gasteiger partial charge in [-0.25, -0.2) is 4.39 Å². The van der Waals surface area contributed by atoms with E-state index < -0.39 is 18.0 Å². The van der Waals surface area contributed by atoms with E-state index in [9.17, 15) is 19.1 Å². The van der Waals surface area contributed by atoms with Gasteiger partial charge in [0, 0.05) is 19.0 Å². The Bertz CT molecular complexity index is 778. The van der Waals surface area contributed by atoms with Gasteiger partial charge in [-0.2, -0.15) is 0 Å². The van der Waals surface area contributed by atoms with E-state index in [1.54, 1.807) is 6.92 Å². The van der Waals surface area contributed by atoms with Crippen LogP contribution in [0.1, 0.15) is 18.4 Å². The van der Waals surface area contributed by atoms with E-state index >= 15 is 0 Å². The van der Waals surface area contributed by atoms with E-state index in [2.05, 4.69) is 0 Å². The standard InChI is InChI=1S/C20H20FNO4/c1-13(26-16-9-7-15(21)8-10-16)19(23)22-11-17(18(12-22)20(24)25)14-5-3-2-4-6-14/h2-10,13,17-18H,11-12H2,1H3,(H,24,25). The van der Waals surface area contributed by atoms with Crippen LogP contribution in [0, 0.1) is 11.7 Å². The molecular weight excluding hydrogens is 337 g/mol. The van der Waals surface area contributed by atoms with Crippen LogP contribution in [-0.4, -0.2) is 41.1 Å². The number of hydrogen-bond acceptors (Lipinski definition) is 3. The van der Waals surface area contributed by atoms with Crippen molar-refractivity contribution >= 4 is 11.9 Å². The summed E-state index contributed by atoms with van der Waals surface area (Å²) in [5, 5.41) is 9.54. The molecule has 26 heavy (non-hydrogen) atoms. The Balaban J connectivity index is 1.71. The lowest BCUT2D eigenvalue weighted by molar-refractivity contribution is -0.142. The van der Waals surface area contributed by atoms with Crippen LogP contribution in [0.4, 0.5) is 4.39 Å². The summed E-state index contributed by atoms with van der Waals surface area (Å²) in [7, 11) is 0. The molecule has 0 radical (unpaired) electrons. The number of carbonyl (C=O) groups is 2. The van der Waals surface area contributed by atoms with Crippen LogP contribution in [0.3, 0.4) is 0 Å². The molecule has 1 N–H and O–H groups in total. The van der Waals surface area contributed by atoms with Gasteiger partial charge < -0.3 is 14.7 Å². The van der Waals surface area contributed by atoms with Crippen molar-refractivity contribution in [3.63, 3.8) is 0 Å². The highest BCUT2D eigenvalue weighted by Crippen LogP contribution is 2.33. The Morgan fingerprint density at radius 3 is 2.38 bits per heavy atom. The predicted molar refractivity (Wildman–Crippen MR) is 93.4 cm³/mol. The van der Waals surface area contributed by atoms with Gasteiger partial charge in [0.2, 0.25) is 0 Å². The Kier molecular flexibility index (Phi) is 5.21. The van der Waals surface area contributed by atoms with Gasteiger partial charge in [-0.3, -0.25) is 9.59 Å². The third-order valence-electron chi connectivity index (χ3n) is 4.65. The van der Waals surface area contributed by atoms with E-state index in [4.69, 9.17) is 4.74 Å². The second-order valence-corrected chi connectivity index (χ2v) is 6.42. The summed E-state index contributed by atoms with van der Waals surface area (Å²) in [5.74, 6) is -2.10. The fraction of sp³-hybridized carbons (Fsp3) is 0.300. The number of rotatable bonds is 5. The number of ether oxygens (including phenoxy) is 1. The number of aliphatic carboxylic acids is 1. The maximum absolute atomic E-state index is 13.0. The van der Waals surface area contributed by atoms with Gasteiger partial charge in [-0.15, -0.1) is 0 Å². The van der Waals surface area contributed by atoms with Gasteiger partial charge in [0.15, 0.2) is 6.10 Å². The summed E-state index contributed by atoms with van der Waals surface area (Å²) < 4.78 is 18.5. The summed E-state index contributed by atoms with van der Waals surface area (Å²) >= 11 is 0. The van der Waals surface area contributed by atoms with E-state index in [-0.39, 0.29) is 24.2 Å². The maximum atomic E-state index is 13.0. The first-order valence-corrected chi connectivity index (χ1v) is 8.44. The Morgan fingerprint density at radius 1 is 1.12 bits per heavy atom. The zero-order valence-corrected chi connectivity index (χ0v) is 14.3. The van der Waals surface area contributed by atoms with Gasteiger partial charge in [0.1, 0.15) is 11.6 Å². The third kappa shape index (κ3) is 3.85. The lowest BCUT2D eigenvalue weighted by Gasteiger charge is -2.22. The molecule has 136 valence electrons. The summed E-state index contributed by atoms with van der Waals surface area (Å²) in [6, 6.07) is 14.8. The molecular formula is C20H20FNO4. The van der Waals surface area contributed by atoms with E-state index in [0.717, 1.165) is 5.56 Å². The summed E-state index contributed by atoms with van der Waals surface area (Å²) in [6.07, 6.45) is -0.788. The number of carbonyl (C=O) groups excluding carboxylic acids is 1. The second kappa shape index (κ2) is 7.56. The van der Waals surface area contributed by atoms with Crippen LogP contribution in [0.25, 0.3) is 0 Å². The molecule has 0 aliphatic carbocycles. The molecule has 1 heterocycles. The molecule has 0 bridgehead atoms. The minimum atomic E-state index is -0.916. The SMILES string of the molecule is CC(Oc1ccc(F)cc1)C(=O)N1CC(C(=O)O)C(c2ccccc2)C1. The molecule has 5 nitrogen and oxygen atoms in total. The molecule has 1 amide bonds. The molecule has 3 atom stereocenters. The average Bonchev–Trinajstić information content (AvgIpc) is 3.09. The van der Waals surface area contributed by atoms with Crippen LogP contribution >= 0.6 is 0 Å². The number of carboxylic acids is 1. The summed E-state index contributed by atoms with van der Waals surface area (Å²) in [4.78, 5) is 25.9. The Morgan fingerprint density at radius 2 is 1.77 bits per heavy atom. The molecule has 0 saturated carbocycles. The molecule has 1 fully saturated rings. The number of nitrogens with zero attached hydrogens (tertiary/aromatic N) is 1. The highest BCUT2D eigenvalue weighted by Gasteiger charge is 2.41. The zero-order valence-electron chi connectivity index (χ0n) is 14.3. The van der Waals surface area contributed by atoms with Crippen molar-refractivity contribution < 1.29 is 23.8 Å². The monoisotopic (exact) mass is 357 g/mol. The largest absolute Gasteiger partial charge is 0.481 e. The Labute approximate surface area is 151 Å². The van der Waals surface area contributed by atoms with Crippen molar-refractivity contribution in [3.8, 4) is 5.75 Å². The van der Waals surface area contributed by atoms with E-state index in [1.165, 1.54) is 29.2 Å². The second-order valence-electron chi connectivity index (χ2n) is 6.42. The van der Waals surface area contributed by atoms with Crippen molar-refractivity contribution in [3.05, 3.63) is 66.0 Å². The smallest absolute Gasteiger partial charge is 0.308 e. The van der Waals surface area contributed by atoms with Crippen LogP contribution in [0.2, 0.25) is 0 Å². The molecule has 0 aromatic heterocycles. The van der Waals surface area contributed by atoms with E-state index in [1.807, 2.05) is 30.3 Å². The average molecular weight is 357 g/mol. The zero-order chi connectivity index (χ0) is 18.7. The van der Waals surface area contributed by atoms with E-state index in [0.29, 0.717) is 12.3 Å². The lowest BCUT2D eigenvalue weighted by atomic mass is 9.89. The number of carboxylic acid groups (broad SMARTS) is 1. The molecule has 6 heteroatoms. The normalized spacial score (nSPS) is 20.6. The third-order valence-corrected chi connectivity index (χ3v) is 4.65. The van der Waals surface area contributed by atoms with Crippen molar-refractivity contribution in [1.82, 2.24) is 4.90 Å². The molecule has 2 aromatic rings. The highest BCUT2D eigenvalue weighted by molar-refractivity contribution is 5.83. The molecule has 1 aliphatic heterocycles. The number of hydrogen-bond donors (Lipinski definition) is 1. The van der Waals surface area contributed by atoms with Gasteiger partial charge in [-0.05, 0) is 36.8 Å². The Hall–Kier alpha value is -2.89. The minimum absolute atomic E-state index is 0.144. The van der Waals surface area contributed by atoms with Crippen molar-refractivity contribution in [2.24, 2.45) is 5.92 Å². The fourth-order valence-corrected chi connectivity index (χ4v) is 3.30. The van der Waals surface area contributed by atoms with Crippen LogP contribution in [-0.2, 0) is 9.59 Å². The van der Waals surface area contributed by atoms with Gasteiger partial charge in [-0.1, -0.05) is 30.3 Å². The first-order valence-electron chi connectivity index (χ1n) is 8.44. The van der Waals surface area contributed by atoms with Crippen LogP contribution in [0.15, 0.2) is 54.6 Å². The molecule has 3 rings (SSSR count). The number of amides is 1. The first kappa shape index (κ1) is 17.9. The summed E-state index contributed by atoms with van der Waals surface area (Å²) in [6.45, 7) is 2.08. The number of halogens is 1. The van der Waals surface area contributed by atoms with Crippen LogP contribution < -0.4 is 4.74 Å². The highest BCUT2D eigenvalue weighted by atomic mass is 19.1. The molecule has 2 aromatic carbocycles. The van der Waals surface area contributed by atoms with Gasteiger partial charge >= 0.3 is 5.97 Å². The number of likely N-dealkylation sites (tertiary alicyclic amines) is 1. The van der Waals surface area contributed by atoms with Crippen molar-refractivity contribution in [2.75, 3.05) is 13.1 Å². The predicted octanol–water partition coefficient (Wildman–Crippen LogP) is 2.92. The maximum Gasteiger partial charge on any atom is 0.308 e. The quantitative estimate of drug-likeness (QED) is 0.893. The molecule has 1 aliphatic rings. The van der Waals surface area contributed by atoms with Crippen molar-refractivity contribution in [2.45, 2.75) is 18.9 Å². The minimum Gasteiger partial charge on any atom is -0.481 e. The van der Waals surface area contributed by atoms with Crippen molar-refractivity contribution in [1.29, 1.82) is 0 Å². The summed E-state index contributed by atoms with van der Waals surface area (Å²) in [5.41, 5.74) is 0.905. The lowest BCUT2D eigenvalue weighted by Crippen LogP contribution is -2.39. The van der Waals surface area contributed by atoms with Gasteiger partial charge in [0.05, 0.1) is 5.92 Å². The van der Waals surface area contributed by atoms with Gasteiger partial charge in [0.25, 0.3) is 5.91 Å². The topological polar surface area (TPSA) is 66.8 Å². The number of benzene rings is 2. The molecule has 0 spiro atoms. The van der Waals surface area contributed by atoms with Crippen LogP contribution in [0.5, 0.6) is 5.75 Å².